The maximum absolute atomic E-state index is 4.54. The predicted octanol–water partition coefficient (Wildman–Crippen LogP) is -0.531. The normalized spacial score (nSPS) is 6.00. The summed E-state index contributed by atoms with van der Waals surface area (Å²) in [4.78, 5) is 0. The van der Waals surface area contributed by atoms with Crippen molar-refractivity contribution in [3.63, 3.8) is 0 Å². The molecule has 2 heteroatoms. The molecule has 0 atom stereocenters. The molecule has 0 spiro atoms. The van der Waals surface area contributed by atoms with Crippen LogP contribution in [0.5, 0.6) is 0 Å². The predicted molar refractivity (Wildman–Crippen MR) is 27.5 cm³/mol. The Morgan fingerprint density at radius 1 is 1.60 bits per heavy atom. The first-order valence-electron chi connectivity index (χ1n) is 1.40. The quantitative estimate of drug-likeness (QED) is 0.380. The topological polar surface area (TPSA) is 9.23 Å². The van der Waals surface area contributed by atoms with Gasteiger partial charge in [0.1, 0.15) is 0 Å². The second kappa shape index (κ2) is 8.98. The Kier molecular flexibility index (Phi) is 16.0. The van der Waals surface area contributed by atoms with Gasteiger partial charge < -0.3 is 4.74 Å². The number of ether oxygens (including phenoxy) is 1. The summed E-state index contributed by atoms with van der Waals surface area (Å²) >= 11 is 0. The van der Waals surface area contributed by atoms with Gasteiger partial charge in [0.2, 0.25) is 0 Å². The smallest absolute Gasteiger partial charge is 0.0814 e. The second-order valence-corrected chi connectivity index (χ2v) is 0.577. The summed E-state index contributed by atoms with van der Waals surface area (Å²) in [5.41, 5.74) is 0. The molecule has 32 valence electrons. The maximum Gasteiger partial charge on any atom is 0.0814 e. The van der Waals surface area contributed by atoms with E-state index < -0.39 is 0 Å². The molecule has 0 aromatic carbocycles. The van der Waals surface area contributed by atoms with Gasteiger partial charge in [-0.25, -0.2) is 0 Å². The molecule has 0 bridgehead atoms. The summed E-state index contributed by atoms with van der Waals surface area (Å²) in [6, 6.07) is 0. The van der Waals surface area contributed by atoms with Crippen LogP contribution in [0.15, 0.2) is 0 Å². The largest absolute Gasteiger partial charge is 0.385 e. The Hall–Kier alpha value is 0.0249. The standard InChI is InChI=1S/C3H8O.BH3/c1-3-4-2;/h3H2,1-2H3;1H3. The van der Waals surface area contributed by atoms with Gasteiger partial charge in [0, 0.05) is 13.7 Å². The molecule has 0 aromatic rings. The van der Waals surface area contributed by atoms with Crippen LogP contribution in [0.1, 0.15) is 6.92 Å². The molecule has 0 amide bonds. The molecular weight excluding hydrogens is 62.8 g/mol. The molecule has 0 radical (unpaired) electrons. The Morgan fingerprint density at radius 2 is 1.80 bits per heavy atom. The van der Waals surface area contributed by atoms with Gasteiger partial charge >= 0.3 is 0 Å². The van der Waals surface area contributed by atoms with Crippen LogP contribution < -0.4 is 0 Å². The second-order valence-electron chi connectivity index (χ2n) is 0.577. The Morgan fingerprint density at radius 3 is 1.80 bits per heavy atom. The van der Waals surface area contributed by atoms with E-state index in [4.69, 9.17) is 0 Å². The first-order valence-corrected chi connectivity index (χ1v) is 1.40. The molecule has 0 aliphatic carbocycles. The third-order valence-electron chi connectivity index (χ3n) is 0.289. The molecule has 1 nitrogen and oxygen atoms in total. The van der Waals surface area contributed by atoms with Crippen LogP contribution in [0.25, 0.3) is 0 Å². The van der Waals surface area contributed by atoms with Crippen molar-refractivity contribution in [3.05, 3.63) is 0 Å². The molecule has 0 aromatic heterocycles. The van der Waals surface area contributed by atoms with Gasteiger partial charge in [0.25, 0.3) is 0 Å². The van der Waals surface area contributed by atoms with E-state index in [0.717, 1.165) is 6.61 Å². The molecule has 0 fully saturated rings. The fourth-order valence-electron chi connectivity index (χ4n) is 0. The van der Waals surface area contributed by atoms with E-state index in [2.05, 4.69) is 4.74 Å². The van der Waals surface area contributed by atoms with E-state index in [9.17, 15) is 0 Å². The summed E-state index contributed by atoms with van der Waals surface area (Å²) < 4.78 is 4.54. The van der Waals surface area contributed by atoms with Crippen LogP contribution in [-0.4, -0.2) is 22.1 Å². The summed E-state index contributed by atoms with van der Waals surface area (Å²) in [6.45, 7) is 2.78. The van der Waals surface area contributed by atoms with Crippen molar-refractivity contribution in [2.45, 2.75) is 6.92 Å². The molecule has 0 saturated carbocycles. The van der Waals surface area contributed by atoms with Gasteiger partial charge in [-0.05, 0) is 6.92 Å². The van der Waals surface area contributed by atoms with Gasteiger partial charge in [-0.1, -0.05) is 0 Å². The van der Waals surface area contributed by atoms with Crippen molar-refractivity contribution in [3.8, 4) is 0 Å². The fraction of sp³-hybridized carbons (Fsp3) is 1.00. The molecule has 0 aliphatic heterocycles. The average molecular weight is 73.9 g/mol. The van der Waals surface area contributed by atoms with Gasteiger partial charge in [-0.3, -0.25) is 0 Å². The van der Waals surface area contributed by atoms with Crippen molar-refractivity contribution in [2.24, 2.45) is 0 Å². The monoisotopic (exact) mass is 74.1 g/mol. The zero-order valence-electron chi connectivity index (χ0n) is 3.12. The summed E-state index contributed by atoms with van der Waals surface area (Å²) in [6.07, 6.45) is 0. The first kappa shape index (κ1) is 8.90. The van der Waals surface area contributed by atoms with Crippen LogP contribution >= 0.6 is 0 Å². The van der Waals surface area contributed by atoms with Crippen LogP contribution in [-0.2, 0) is 4.74 Å². The Bertz CT molecular complexity index is 8.85. The lowest BCUT2D eigenvalue weighted by atomic mass is 10.8. The van der Waals surface area contributed by atoms with E-state index in [0.29, 0.717) is 0 Å². The van der Waals surface area contributed by atoms with Crippen LogP contribution in [0.4, 0.5) is 0 Å². The van der Waals surface area contributed by atoms with E-state index >= 15 is 0 Å². The molecule has 0 rings (SSSR count). The SMILES string of the molecule is B.CCOC. The molecule has 0 saturated heterocycles. The zero-order valence-corrected chi connectivity index (χ0v) is 3.12. The minimum absolute atomic E-state index is 0. The van der Waals surface area contributed by atoms with Gasteiger partial charge in [0.15, 0.2) is 0 Å². The number of methoxy groups -OCH3 is 1. The average Bonchev–Trinajstić information content (AvgIpc) is 1.37. The third-order valence-corrected chi connectivity index (χ3v) is 0.289. The van der Waals surface area contributed by atoms with E-state index in [-0.39, 0.29) is 8.41 Å². The number of hydrogen-bond acceptors (Lipinski definition) is 1. The summed E-state index contributed by atoms with van der Waals surface area (Å²) in [5.74, 6) is 0. The van der Waals surface area contributed by atoms with Crippen molar-refractivity contribution in [1.82, 2.24) is 0 Å². The minimum Gasteiger partial charge on any atom is -0.385 e. The van der Waals surface area contributed by atoms with E-state index in [1.807, 2.05) is 6.92 Å². The van der Waals surface area contributed by atoms with Gasteiger partial charge in [-0.15, -0.1) is 0 Å². The minimum atomic E-state index is 0. The molecule has 0 aliphatic rings. The van der Waals surface area contributed by atoms with Gasteiger partial charge in [-0.2, -0.15) is 0 Å². The molecular formula is C3H11BO. The molecule has 0 unspecified atom stereocenters. The van der Waals surface area contributed by atoms with Crippen molar-refractivity contribution >= 4 is 8.41 Å². The molecule has 0 N–H and O–H groups in total. The van der Waals surface area contributed by atoms with Crippen molar-refractivity contribution in [1.29, 1.82) is 0 Å². The van der Waals surface area contributed by atoms with Crippen LogP contribution in [0.3, 0.4) is 0 Å². The lowest BCUT2D eigenvalue weighted by Gasteiger charge is -1.76. The third kappa shape index (κ3) is 15.7. The summed E-state index contributed by atoms with van der Waals surface area (Å²) in [5, 5.41) is 0. The van der Waals surface area contributed by atoms with Gasteiger partial charge in [0.05, 0.1) is 8.41 Å². The van der Waals surface area contributed by atoms with E-state index in [1.54, 1.807) is 7.11 Å². The fourth-order valence-corrected chi connectivity index (χ4v) is 0. The Labute approximate surface area is 34.9 Å². The van der Waals surface area contributed by atoms with E-state index in [1.165, 1.54) is 0 Å². The molecule has 0 heterocycles. The van der Waals surface area contributed by atoms with Crippen molar-refractivity contribution < 1.29 is 4.74 Å². The van der Waals surface area contributed by atoms with Crippen molar-refractivity contribution in [2.75, 3.05) is 13.7 Å². The van der Waals surface area contributed by atoms with Crippen LogP contribution in [0, 0.1) is 0 Å². The highest BCUT2D eigenvalue weighted by Gasteiger charge is 1.51. The first-order chi connectivity index (χ1) is 1.91. The number of hydrogen-bond donors (Lipinski definition) is 0. The highest BCUT2D eigenvalue weighted by molar-refractivity contribution is 5.75. The number of rotatable bonds is 1. The lowest BCUT2D eigenvalue weighted by Crippen LogP contribution is -1.73. The zero-order chi connectivity index (χ0) is 3.41. The Balaban J connectivity index is 0. The summed E-state index contributed by atoms with van der Waals surface area (Å²) in [7, 11) is 1.68. The highest BCUT2D eigenvalue weighted by atomic mass is 16.5. The maximum atomic E-state index is 4.54. The van der Waals surface area contributed by atoms with Crippen LogP contribution in [0.2, 0.25) is 0 Å². The molecule has 5 heavy (non-hydrogen) atoms. The lowest BCUT2D eigenvalue weighted by molar-refractivity contribution is 0.215. The highest BCUT2D eigenvalue weighted by Crippen LogP contribution is 1.52.